The van der Waals surface area contributed by atoms with Gasteiger partial charge in [-0.3, -0.25) is 5.32 Å². The molecule has 1 aromatic rings. The van der Waals surface area contributed by atoms with E-state index in [1.807, 2.05) is 0 Å². The molecule has 0 spiro atoms. The first-order valence-electron chi connectivity index (χ1n) is 4.95. The van der Waals surface area contributed by atoms with E-state index in [-0.39, 0.29) is 11.8 Å². The van der Waals surface area contributed by atoms with Crippen molar-refractivity contribution in [3.63, 3.8) is 0 Å². The van der Waals surface area contributed by atoms with E-state index < -0.39 is 6.61 Å². The minimum absolute atomic E-state index is 0.0983. The Bertz CT molecular complexity index is 417. The summed E-state index contributed by atoms with van der Waals surface area (Å²) in [5, 5.41) is 3.43. The van der Waals surface area contributed by atoms with Gasteiger partial charge in [0.15, 0.2) is 0 Å². The normalized spacial score (nSPS) is 12.2. The van der Waals surface area contributed by atoms with E-state index in [0.29, 0.717) is 17.1 Å². The first-order chi connectivity index (χ1) is 8.02. The smallest absolute Gasteiger partial charge is 0.387 e. The van der Waals surface area contributed by atoms with E-state index >= 15 is 0 Å². The molecule has 92 valence electrons. The average molecular weight is 260 g/mol. The van der Waals surface area contributed by atoms with Gasteiger partial charge < -0.3 is 4.74 Å². The molecule has 2 nitrogen and oxygen atoms in total. The largest absolute Gasteiger partial charge is 0.434 e. The van der Waals surface area contributed by atoms with E-state index in [1.165, 1.54) is 12.1 Å². The summed E-state index contributed by atoms with van der Waals surface area (Å²) in [4.78, 5) is 0. The number of ether oxygens (including phenoxy) is 1. The van der Waals surface area contributed by atoms with Gasteiger partial charge in [0.1, 0.15) is 5.75 Å². The number of terminal acetylenes is 1. The summed E-state index contributed by atoms with van der Waals surface area (Å²) >= 11 is 5.79. The molecule has 5 heteroatoms. The van der Waals surface area contributed by atoms with Crippen molar-refractivity contribution in [2.75, 3.05) is 0 Å². The highest BCUT2D eigenvalue weighted by atomic mass is 35.5. The standard InChI is InChI=1S/C12H12ClF2NO/c1-3-8(2)16-7-9-6-10(13)4-5-11(9)17-12(14)15/h1,4-6,8,12,16H,7H2,2H3. The van der Waals surface area contributed by atoms with Gasteiger partial charge in [-0.15, -0.1) is 6.42 Å². The van der Waals surface area contributed by atoms with Crippen molar-refractivity contribution < 1.29 is 13.5 Å². The summed E-state index contributed by atoms with van der Waals surface area (Å²) in [6.07, 6.45) is 5.20. The van der Waals surface area contributed by atoms with Crippen LogP contribution >= 0.6 is 11.6 Å². The maximum Gasteiger partial charge on any atom is 0.387 e. The van der Waals surface area contributed by atoms with Gasteiger partial charge in [0.05, 0.1) is 6.04 Å². The maximum absolute atomic E-state index is 12.2. The van der Waals surface area contributed by atoms with Crippen LogP contribution in [0.3, 0.4) is 0 Å². The Kier molecular flexibility index (Phi) is 5.20. The molecule has 17 heavy (non-hydrogen) atoms. The minimum Gasteiger partial charge on any atom is -0.434 e. The maximum atomic E-state index is 12.2. The van der Waals surface area contributed by atoms with Gasteiger partial charge in [-0.1, -0.05) is 17.5 Å². The third-order valence-corrected chi connectivity index (χ3v) is 2.32. The molecule has 0 aliphatic carbocycles. The Balaban J connectivity index is 2.80. The second-order valence-electron chi connectivity index (χ2n) is 3.40. The summed E-state index contributed by atoms with van der Waals surface area (Å²) in [5.74, 6) is 2.58. The second kappa shape index (κ2) is 6.43. The zero-order valence-electron chi connectivity index (χ0n) is 9.21. The molecule has 1 rings (SSSR count). The molecule has 0 aliphatic rings. The first kappa shape index (κ1) is 13.8. The first-order valence-corrected chi connectivity index (χ1v) is 5.33. The third kappa shape index (κ3) is 4.59. The van der Waals surface area contributed by atoms with Gasteiger partial charge in [0, 0.05) is 17.1 Å². The van der Waals surface area contributed by atoms with Crippen LogP contribution in [0.5, 0.6) is 5.75 Å². The van der Waals surface area contributed by atoms with E-state index in [2.05, 4.69) is 16.0 Å². The number of halogens is 3. The topological polar surface area (TPSA) is 21.3 Å². The van der Waals surface area contributed by atoms with E-state index in [0.717, 1.165) is 0 Å². The van der Waals surface area contributed by atoms with Crippen molar-refractivity contribution >= 4 is 11.6 Å². The molecule has 0 fully saturated rings. The van der Waals surface area contributed by atoms with Crippen LogP contribution in [0.15, 0.2) is 18.2 Å². The molecular weight excluding hydrogens is 248 g/mol. The molecule has 1 atom stereocenters. The van der Waals surface area contributed by atoms with Crippen LogP contribution in [0.25, 0.3) is 0 Å². The average Bonchev–Trinajstić information content (AvgIpc) is 2.28. The second-order valence-corrected chi connectivity index (χ2v) is 3.84. The lowest BCUT2D eigenvalue weighted by Crippen LogP contribution is -2.24. The fourth-order valence-electron chi connectivity index (χ4n) is 1.22. The predicted octanol–water partition coefficient (Wildman–Crippen LogP) is 3.05. The Morgan fingerprint density at radius 1 is 1.53 bits per heavy atom. The predicted molar refractivity (Wildman–Crippen MR) is 63.2 cm³/mol. The summed E-state index contributed by atoms with van der Waals surface area (Å²) in [6, 6.07) is 4.31. The summed E-state index contributed by atoms with van der Waals surface area (Å²) < 4.78 is 28.7. The molecule has 0 aliphatic heterocycles. The van der Waals surface area contributed by atoms with Gasteiger partial charge in [-0.25, -0.2) is 0 Å². The molecule has 0 radical (unpaired) electrons. The van der Waals surface area contributed by atoms with Gasteiger partial charge in [-0.05, 0) is 25.1 Å². The molecule has 0 aromatic heterocycles. The van der Waals surface area contributed by atoms with Crippen LogP contribution in [0.2, 0.25) is 5.02 Å². The van der Waals surface area contributed by atoms with Crippen LogP contribution in [0.4, 0.5) is 8.78 Å². The van der Waals surface area contributed by atoms with Crippen LogP contribution in [0.1, 0.15) is 12.5 Å². The Hall–Kier alpha value is -1.31. The summed E-state index contributed by atoms with van der Waals surface area (Å²) in [5.41, 5.74) is 0.542. The fourth-order valence-corrected chi connectivity index (χ4v) is 1.41. The lowest BCUT2D eigenvalue weighted by Gasteiger charge is -2.13. The number of hydrogen-bond acceptors (Lipinski definition) is 2. The SMILES string of the molecule is C#CC(C)NCc1cc(Cl)ccc1OC(F)F. The zero-order chi connectivity index (χ0) is 12.8. The van der Waals surface area contributed by atoms with Gasteiger partial charge in [0.2, 0.25) is 0 Å². The van der Waals surface area contributed by atoms with E-state index in [9.17, 15) is 8.78 Å². The highest BCUT2D eigenvalue weighted by Gasteiger charge is 2.10. The highest BCUT2D eigenvalue weighted by molar-refractivity contribution is 6.30. The fraction of sp³-hybridized carbons (Fsp3) is 0.333. The Morgan fingerprint density at radius 2 is 2.24 bits per heavy atom. The lowest BCUT2D eigenvalue weighted by atomic mass is 10.2. The lowest BCUT2D eigenvalue weighted by molar-refractivity contribution is -0.0505. The Morgan fingerprint density at radius 3 is 2.82 bits per heavy atom. The molecule has 0 saturated carbocycles. The molecule has 0 amide bonds. The van der Waals surface area contributed by atoms with Crippen molar-refractivity contribution in [1.29, 1.82) is 0 Å². The highest BCUT2D eigenvalue weighted by Crippen LogP contribution is 2.24. The van der Waals surface area contributed by atoms with E-state index in [4.69, 9.17) is 18.0 Å². The molecule has 1 unspecified atom stereocenters. The quantitative estimate of drug-likeness (QED) is 0.821. The number of hydrogen-bond donors (Lipinski definition) is 1. The molecule has 0 bridgehead atoms. The third-order valence-electron chi connectivity index (χ3n) is 2.09. The van der Waals surface area contributed by atoms with Crippen LogP contribution in [-0.2, 0) is 6.54 Å². The molecule has 0 saturated heterocycles. The monoisotopic (exact) mass is 259 g/mol. The summed E-state index contributed by atoms with van der Waals surface area (Å²) in [6.45, 7) is -0.758. The van der Waals surface area contributed by atoms with Crippen molar-refractivity contribution in [2.24, 2.45) is 0 Å². The van der Waals surface area contributed by atoms with Crippen molar-refractivity contribution in [1.82, 2.24) is 5.32 Å². The number of rotatable bonds is 5. The molecular formula is C12H12ClF2NO. The molecule has 1 N–H and O–H groups in total. The van der Waals surface area contributed by atoms with Crippen molar-refractivity contribution in [3.8, 4) is 18.1 Å². The van der Waals surface area contributed by atoms with Crippen LogP contribution in [0, 0.1) is 12.3 Å². The minimum atomic E-state index is -2.86. The van der Waals surface area contributed by atoms with Crippen LogP contribution in [-0.4, -0.2) is 12.7 Å². The Labute approximate surface area is 104 Å². The van der Waals surface area contributed by atoms with Crippen molar-refractivity contribution in [2.45, 2.75) is 26.1 Å². The number of benzene rings is 1. The summed E-state index contributed by atoms with van der Waals surface area (Å²) in [7, 11) is 0. The van der Waals surface area contributed by atoms with Gasteiger partial charge >= 0.3 is 6.61 Å². The van der Waals surface area contributed by atoms with Gasteiger partial charge in [-0.2, -0.15) is 8.78 Å². The van der Waals surface area contributed by atoms with E-state index in [1.54, 1.807) is 13.0 Å². The molecule has 1 aromatic carbocycles. The van der Waals surface area contributed by atoms with Gasteiger partial charge in [0.25, 0.3) is 0 Å². The van der Waals surface area contributed by atoms with Crippen molar-refractivity contribution in [3.05, 3.63) is 28.8 Å². The number of nitrogens with one attached hydrogen (secondary N) is 1. The van der Waals surface area contributed by atoms with Crippen LogP contribution < -0.4 is 10.1 Å². The molecule has 0 heterocycles. The number of alkyl halides is 2. The zero-order valence-corrected chi connectivity index (χ0v) is 9.97.